The molecule has 22 heavy (non-hydrogen) atoms. The molecule has 112 valence electrons. The standard InChI is InChI=1S/C17H16ClN3O/c1-11-9-16(12(2)8-15(11)19)22-17-6-7-21(20-17)14-5-3-4-13(18)10-14/h3-10H,19H2,1-2H3. The third-order valence-corrected chi connectivity index (χ3v) is 3.65. The van der Waals surface area contributed by atoms with E-state index in [9.17, 15) is 0 Å². The number of aromatic nitrogens is 2. The minimum atomic E-state index is 0.521. The number of nitrogen functional groups attached to an aromatic ring is 1. The second-order valence-corrected chi connectivity index (χ2v) is 5.59. The van der Waals surface area contributed by atoms with Crippen LogP contribution in [0.5, 0.6) is 11.6 Å². The summed E-state index contributed by atoms with van der Waals surface area (Å²) in [4.78, 5) is 0. The molecule has 3 aromatic rings. The van der Waals surface area contributed by atoms with Crippen molar-refractivity contribution >= 4 is 17.3 Å². The van der Waals surface area contributed by atoms with Crippen LogP contribution in [0.25, 0.3) is 5.69 Å². The summed E-state index contributed by atoms with van der Waals surface area (Å²) in [6.45, 7) is 3.91. The molecule has 0 saturated carbocycles. The van der Waals surface area contributed by atoms with Crippen molar-refractivity contribution in [2.24, 2.45) is 0 Å². The molecule has 3 rings (SSSR count). The summed E-state index contributed by atoms with van der Waals surface area (Å²) in [7, 11) is 0. The average Bonchev–Trinajstić information content (AvgIpc) is 2.93. The molecule has 0 amide bonds. The first kappa shape index (κ1) is 14.5. The molecule has 0 atom stereocenters. The second kappa shape index (κ2) is 5.73. The fourth-order valence-corrected chi connectivity index (χ4v) is 2.34. The molecule has 0 aliphatic rings. The van der Waals surface area contributed by atoms with Gasteiger partial charge in [0, 0.05) is 23.0 Å². The number of halogens is 1. The number of aryl methyl sites for hydroxylation is 2. The van der Waals surface area contributed by atoms with E-state index >= 15 is 0 Å². The molecule has 0 aliphatic heterocycles. The van der Waals surface area contributed by atoms with Gasteiger partial charge in [0.25, 0.3) is 0 Å². The Balaban J connectivity index is 1.87. The maximum absolute atomic E-state index is 6.00. The molecule has 0 fully saturated rings. The minimum Gasteiger partial charge on any atom is -0.437 e. The molecule has 0 saturated heterocycles. The molecule has 5 heteroatoms. The van der Waals surface area contributed by atoms with Crippen molar-refractivity contribution in [2.75, 3.05) is 5.73 Å². The lowest BCUT2D eigenvalue weighted by atomic mass is 10.1. The molecule has 0 radical (unpaired) electrons. The third-order valence-electron chi connectivity index (χ3n) is 3.42. The lowest BCUT2D eigenvalue weighted by Gasteiger charge is -2.09. The van der Waals surface area contributed by atoms with Crippen LogP contribution in [0.4, 0.5) is 5.69 Å². The maximum atomic E-state index is 6.00. The topological polar surface area (TPSA) is 53.1 Å². The van der Waals surface area contributed by atoms with E-state index in [2.05, 4.69) is 5.10 Å². The number of hydrogen-bond acceptors (Lipinski definition) is 3. The summed E-state index contributed by atoms with van der Waals surface area (Å²) in [5.74, 6) is 1.27. The van der Waals surface area contributed by atoms with Gasteiger partial charge in [-0.15, -0.1) is 5.10 Å². The normalized spacial score (nSPS) is 10.7. The van der Waals surface area contributed by atoms with Crippen molar-refractivity contribution in [3.8, 4) is 17.3 Å². The first-order valence-corrected chi connectivity index (χ1v) is 7.27. The number of nitrogens with two attached hydrogens (primary N) is 1. The first-order valence-electron chi connectivity index (χ1n) is 6.89. The van der Waals surface area contributed by atoms with Gasteiger partial charge in [-0.05, 0) is 55.3 Å². The Kier molecular flexibility index (Phi) is 3.77. The summed E-state index contributed by atoms with van der Waals surface area (Å²) < 4.78 is 7.58. The lowest BCUT2D eigenvalue weighted by Crippen LogP contribution is -1.97. The van der Waals surface area contributed by atoms with Gasteiger partial charge in [-0.2, -0.15) is 0 Å². The minimum absolute atomic E-state index is 0.521. The predicted octanol–water partition coefficient (Wildman–Crippen LogP) is 4.52. The van der Waals surface area contributed by atoms with Crippen LogP contribution in [0.1, 0.15) is 11.1 Å². The molecule has 1 aromatic heterocycles. The quantitative estimate of drug-likeness (QED) is 0.723. The summed E-state index contributed by atoms with van der Waals surface area (Å²) in [6.07, 6.45) is 1.83. The first-order chi connectivity index (χ1) is 10.5. The van der Waals surface area contributed by atoms with Crippen LogP contribution in [0.2, 0.25) is 5.02 Å². The van der Waals surface area contributed by atoms with E-state index in [1.54, 1.807) is 4.68 Å². The molecule has 2 aromatic carbocycles. The number of hydrogen-bond donors (Lipinski definition) is 1. The molecule has 0 bridgehead atoms. The molecular weight excluding hydrogens is 298 g/mol. The van der Waals surface area contributed by atoms with E-state index in [4.69, 9.17) is 22.1 Å². The molecule has 4 nitrogen and oxygen atoms in total. The summed E-state index contributed by atoms with van der Waals surface area (Å²) in [5, 5.41) is 5.08. The summed E-state index contributed by atoms with van der Waals surface area (Å²) >= 11 is 6.00. The van der Waals surface area contributed by atoms with Crippen LogP contribution in [0, 0.1) is 13.8 Å². The van der Waals surface area contributed by atoms with E-state index in [0.717, 1.165) is 28.3 Å². The van der Waals surface area contributed by atoms with E-state index in [1.165, 1.54) is 0 Å². The largest absolute Gasteiger partial charge is 0.437 e. The fourth-order valence-electron chi connectivity index (χ4n) is 2.16. The Labute approximate surface area is 134 Å². The SMILES string of the molecule is Cc1cc(Oc2ccn(-c3cccc(Cl)c3)n2)c(C)cc1N. The average molecular weight is 314 g/mol. The highest BCUT2D eigenvalue weighted by Gasteiger charge is 2.08. The lowest BCUT2D eigenvalue weighted by molar-refractivity contribution is 0.454. The highest BCUT2D eigenvalue weighted by atomic mass is 35.5. The van der Waals surface area contributed by atoms with Gasteiger partial charge in [-0.1, -0.05) is 17.7 Å². The zero-order valence-corrected chi connectivity index (χ0v) is 13.1. The molecular formula is C17H16ClN3O. The van der Waals surface area contributed by atoms with Crippen LogP contribution in [0.15, 0.2) is 48.7 Å². The summed E-state index contributed by atoms with van der Waals surface area (Å²) in [5.41, 5.74) is 9.48. The monoisotopic (exact) mass is 313 g/mol. The number of anilines is 1. The Hall–Kier alpha value is -2.46. The summed E-state index contributed by atoms with van der Waals surface area (Å²) in [6, 6.07) is 13.1. The highest BCUT2D eigenvalue weighted by Crippen LogP contribution is 2.28. The third kappa shape index (κ3) is 2.92. The van der Waals surface area contributed by atoms with Crippen LogP contribution in [-0.4, -0.2) is 9.78 Å². The van der Waals surface area contributed by atoms with Gasteiger partial charge in [-0.25, -0.2) is 4.68 Å². The molecule has 1 heterocycles. The van der Waals surface area contributed by atoms with Gasteiger partial charge in [0.1, 0.15) is 5.75 Å². The number of nitrogens with zero attached hydrogens (tertiary/aromatic N) is 2. The van der Waals surface area contributed by atoms with E-state index in [1.807, 2.05) is 62.5 Å². The highest BCUT2D eigenvalue weighted by molar-refractivity contribution is 6.30. The van der Waals surface area contributed by atoms with Crippen molar-refractivity contribution in [3.63, 3.8) is 0 Å². The van der Waals surface area contributed by atoms with Gasteiger partial charge in [0.05, 0.1) is 5.69 Å². The van der Waals surface area contributed by atoms with Crippen molar-refractivity contribution in [2.45, 2.75) is 13.8 Å². The van der Waals surface area contributed by atoms with E-state index in [0.29, 0.717) is 10.9 Å². The zero-order chi connectivity index (χ0) is 15.7. The molecule has 0 aliphatic carbocycles. The molecule has 2 N–H and O–H groups in total. The van der Waals surface area contributed by atoms with Crippen LogP contribution < -0.4 is 10.5 Å². The van der Waals surface area contributed by atoms with Crippen molar-refractivity contribution < 1.29 is 4.74 Å². The Morgan fingerprint density at radius 2 is 1.91 bits per heavy atom. The van der Waals surface area contributed by atoms with Crippen molar-refractivity contribution in [1.29, 1.82) is 0 Å². The van der Waals surface area contributed by atoms with Gasteiger partial charge < -0.3 is 10.5 Å². The number of ether oxygens (including phenoxy) is 1. The molecule has 0 spiro atoms. The smallest absolute Gasteiger partial charge is 0.238 e. The van der Waals surface area contributed by atoms with Crippen LogP contribution in [0.3, 0.4) is 0 Å². The second-order valence-electron chi connectivity index (χ2n) is 5.15. The number of rotatable bonds is 3. The Morgan fingerprint density at radius 1 is 1.09 bits per heavy atom. The van der Waals surface area contributed by atoms with Crippen LogP contribution in [-0.2, 0) is 0 Å². The zero-order valence-electron chi connectivity index (χ0n) is 12.4. The van der Waals surface area contributed by atoms with E-state index < -0.39 is 0 Å². The maximum Gasteiger partial charge on any atom is 0.238 e. The van der Waals surface area contributed by atoms with Gasteiger partial charge in [0.2, 0.25) is 5.88 Å². The van der Waals surface area contributed by atoms with Gasteiger partial charge in [-0.3, -0.25) is 0 Å². The van der Waals surface area contributed by atoms with Gasteiger partial charge >= 0.3 is 0 Å². The van der Waals surface area contributed by atoms with Crippen molar-refractivity contribution in [3.05, 3.63) is 64.8 Å². The Morgan fingerprint density at radius 3 is 2.68 bits per heavy atom. The van der Waals surface area contributed by atoms with Crippen LogP contribution >= 0.6 is 11.6 Å². The molecule has 0 unspecified atom stereocenters. The predicted molar refractivity (Wildman–Crippen MR) is 89.0 cm³/mol. The van der Waals surface area contributed by atoms with Crippen molar-refractivity contribution in [1.82, 2.24) is 9.78 Å². The van der Waals surface area contributed by atoms with Gasteiger partial charge in [0.15, 0.2) is 0 Å². The fraction of sp³-hybridized carbons (Fsp3) is 0.118. The number of benzene rings is 2. The van der Waals surface area contributed by atoms with E-state index in [-0.39, 0.29) is 0 Å². The Bertz CT molecular complexity index is 827.